The van der Waals surface area contributed by atoms with E-state index in [4.69, 9.17) is 15.5 Å². The van der Waals surface area contributed by atoms with Crippen molar-refractivity contribution in [2.45, 2.75) is 38.8 Å². The van der Waals surface area contributed by atoms with Gasteiger partial charge in [-0.1, -0.05) is 0 Å². The molecule has 2 bridgehead atoms. The Balaban J connectivity index is 1.74. The second kappa shape index (κ2) is 6.82. The predicted molar refractivity (Wildman–Crippen MR) is 108 cm³/mol. The number of aromatic nitrogens is 4. The van der Waals surface area contributed by atoms with Gasteiger partial charge in [0.25, 0.3) is 5.91 Å². The van der Waals surface area contributed by atoms with E-state index in [2.05, 4.69) is 20.3 Å². The molecular weight excluding hydrogens is 389 g/mol. The number of nitrogens with zero attached hydrogens (tertiary/aromatic N) is 5. The van der Waals surface area contributed by atoms with Crippen molar-refractivity contribution in [3.8, 4) is 5.88 Å². The lowest BCUT2D eigenvalue weighted by Gasteiger charge is -2.35. The standard InChI is InChI=1S/C20H22FN7O2/c1-10-9-30-20-14(6-13(21)7-23-20)11(2)27-5-3-4-12-8-28-18(25-17(12)27)15(16(22)26-28)19(29)24-10/h6-8,10-11H,3-5,9H2,1-2H3,(H2,22,26)(H,24,29)/t10-,11?/m1/s1. The van der Waals surface area contributed by atoms with E-state index in [1.165, 1.54) is 6.07 Å². The Bertz CT molecular complexity index is 1160. The SMILES string of the molecule is CC1c2cc(F)cnc2OC[C@@H](C)NC(=O)c2c(N)nn3cc4c(nc23)N1CCC4. The van der Waals surface area contributed by atoms with Crippen LogP contribution in [0.5, 0.6) is 5.88 Å². The summed E-state index contributed by atoms with van der Waals surface area (Å²) in [6.07, 6.45) is 4.74. The summed E-state index contributed by atoms with van der Waals surface area (Å²) < 4.78 is 21.5. The van der Waals surface area contributed by atoms with Crippen molar-refractivity contribution >= 4 is 23.2 Å². The molecule has 10 heteroatoms. The molecule has 5 rings (SSSR count). The number of fused-ring (bicyclic) bond motifs is 1. The van der Waals surface area contributed by atoms with Crippen LogP contribution in [0.3, 0.4) is 0 Å². The molecule has 2 atom stereocenters. The number of carbonyl (C=O) groups excluding carboxylic acids is 1. The summed E-state index contributed by atoms with van der Waals surface area (Å²) in [6, 6.07) is 0.874. The van der Waals surface area contributed by atoms with Crippen LogP contribution in [-0.4, -0.2) is 44.7 Å². The Labute approximate surface area is 172 Å². The predicted octanol–water partition coefficient (Wildman–Crippen LogP) is 1.87. The number of nitrogen functional groups attached to an aromatic ring is 1. The highest BCUT2D eigenvalue weighted by Crippen LogP contribution is 2.36. The number of hydrogen-bond donors (Lipinski definition) is 2. The van der Waals surface area contributed by atoms with Gasteiger partial charge in [0.05, 0.1) is 18.3 Å². The number of aryl methyl sites for hydroxylation is 1. The number of carbonyl (C=O) groups is 1. The summed E-state index contributed by atoms with van der Waals surface area (Å²) in [6.45, 7) is 4.69. The maximum Gasteiger partial charge on any atom is 0.259 e. The van der Waals surface area contributed by atoms with Crippen LogP contribution in [0.25, 0.3) is 5.65 Å². The first-order valence-electron chi connectivity index (χ1n) is 9.96. The third-order valence-electron chi connectivity index (χ3n) is 5.64. The minimum atomic E-state index is -0.429. The zero-order chi connectivity index (χ0) is 21.0. The highest BCUT2D eigenvalue weighted by atomic mass is 19.1. The van der Waals surface area contributed by atoms with Gasteiger partial charge in [-0.05, 0) is 32.8 Å². The van der Waals surface area contributed by atoms with Crippen LogP contribution in [0.15, 0.2) is 18.5 Å². The Morgan fingerprint density at radius 2 is 2.20 bits per heavy atom. The van der Waals surface area contributed by atoms with Crippen molar-refractivity contribution in [2.75, 3.05) is 23.8 Å². The molecule has 0 fully saturated rings. The van der Waals surface area contributed by atoms with Gasteiger partial charge >= 0.3 is 0 Å². The third kappa shape index (κ3) is 2.90. The Morgan fingerprint density at radius 1 is 1.37 bits per heavy atom. The van der Waals surface area contributed by atoms with Gasteiger partial charge in [0.1, 0.15) is 23.8 Å². The summed E-state index contributed by atoms with van der Waals surface area (Å²) in [4.78, 5) is 24.0. The largest absolute Gasteiger partial charge is 0.475 e. The van der Waals surface area contributed by atoms with Gasteiger partial charge in [-0.15, -0.1) is 5.10 Å². The summed E-state index contributed by atoms with van der Waals surface area (Å²) in [7, 11) is 0. The van der Waals surface area contributed by atoms with E-state index in [0.29, 0.717) is 17.1 Å². The molecule has 1 unspecified atom stereocenters. The topological polar surface area (TPSA) is 111 Å². The molecule has 0 aromatic carbocycles. The number of anilines is 2. The maximum absolute atomic E-state index is 14.1. The van der Waals surface area contributed by atoms with Gasteiger partial charge in [0, 0.05) is 23.9 Å². The molecule has 156 valence electrons. The summed E-state index contributed by atoms with van der Waals surface area (Å²) in [5.41, 5.74) is 8.33. The molecule has 0 aliphatic carbocycles. The monoisotopic (exact) mass is 411 g/mol. The molecule has 2 aliphatic heterocycles. The van der Waals surface area contributed by atoms with Gasteiger partial charge < -0.3 is 20.7 Å². The lowest BCUT2D eigenvalue weighted by molar-refractivity contribution is 0.0928. The molecule has 2 aliphatic rings. The lowest BCUT2D eigenvalue weighted by atomic mass is 10.0. The quantitative estimate of drug-likeness (QED) is 0.581. The van der Waals surface area contributed by atoms with Gasteiger partial charge in [0.2, 0.25) is 5.88 Å². The smallest absolute Gasteiger partial charge is 0.259 e. The molecule has 1 amide bonds. The van der Waals surface area contributed by atoms with Crippen LogP contribution in [0.2, 0.25) is 0 Å². The number of nitrogens with one attached hydrogen (secondary N) is 1. The van der Waals surface area contributed by atoms with Crippen molar-refractivity contribution in [3.63, 3.8) is 0 Å². The fourth-order valence-electron chi connectivity index (χ4n) is 4.15. The molecule has 3 N–H and O–H groups in total. The molecule has 0 spiro atoms. The van der Waals surface area contributed by atoms with Crippen LogP contribution < -0.4 is 20.7 Å². The number of nitrogens with two attached hydrogens (primary N) is 1. The number of halogens is 1. The minimum absolute atomic E-state index is 0.122. The van der Waals surface area contributed by atoms with E-state index in [-0.39, 0.29) is 36.0 Å². The summed E-state index contributed by atoms with van der Waals surface area (Å²) in [5.74, 6) is 0.406. The fraction of sp³-hybridized carbons (Fsp3) is 0.400. The average Bonchev–Trinajstić information content (AvgIpc) is 3.04. The van der Waals surface area contributed by atoms with Crippen LogP contribution in [0.4, 0.5) is 16.0 Å². The highest BCUT2D eigenvalue weighted by Gasteiger charge is 2.30. The molecule has 3 aromatic rings. The number of rotatable bonds is 0. The van der Waals surface area contributed by atoms with Gasteiger partial charge in [-0.2, -0.15) is 0 Å². The van der Waals surface area contributed by atoms with E-state index in [1.807, 2.05) is 20.0 Å². The Kier molecular flexibility index (Phi) is 4.23. The second-order valence-electron chi connectivity index (χ2n) is 7.82. The molecule has 0 saturated carbocycles. The number of amides is 1. The van der Waals surface area contributed by atoms with Crippen molar-refractivity contribution in [2.24, 2.45) is 0 Å². The van der Waals surface area contributed by atoms with Crippen LogP contribution in [-0.2, 0) is 6.42 Å². The van der Waals surface area contributed by atoms with Gasteiger partial charge in [0.15, 0.2) is 11.5 Å². The summed E-state index contributed by atoms with van der Waals surface area (Å²) >= 11 is 0. The zero-order valence-corrected chi connectivity index (χ0v) is 16.7. The first kappa shape index (κ1) is 18.6. The second-order valence-corrected chi connectivity index (χ2v) is 7.82. The molecule has 30 heavy (non-hydrogen) atoms. The van der Waals surface area contributed by atoms with Crippen LogP contribution in [0.1, 0.15) is 47.8 Å². The fourth-order valence-corrected chi connectivity index (χ4v) is 4.15. The molecule has 5 heterocycles. The molecule has 3 aromatic heterocycles. The van der Waals surface area contributed by atoms with Gasteiger partial charge in [-0.3, -0.25) is 4.79 Å². The third-order valence-corrected chi connectivity index (χ3v) is 5.64. The Hall–Kier alpha value is -3.43. The van der Waals surface area contributed by atoms with Crippen LogP contribution >= 0.6 is 0 Å². The highest BCUT2D eigenvalue weighted by molar-refractivity contribution is 6.04. The zero-order valence-electron chi connectivity index (χ0n) is 16.7. The maximum atomic E-state index is 14.1. The van der Waals surface area contributed by atoms with Crippen molar-refractivity contribution in [1.82, 2.24) is 24.9 Å². The van der Waals surface area contributed by atoms with E-state index < -0.39 is 5.82 Å². The van der Waals surface area contributed by atoms with E-state index in [1.54, 1.807) is 4.52 Å². The normalized spacial score (nSPS) is 21.3. The summed E-state index contributed by atoms with van der Waals surface area (Å²) in [5, 5.41) is 7.16. The van der Waals surface area contributed by atoms with E-state index >= 15 is 0 Å². The van der Waals surface area contributed by atoms with Gasteiger partial charge in [-0.25, -0.2) is 18.9 Å². The average molecular weight is 411 g/mol. The van der Waals surface area contributed by atoms with Crippen molar-refractivity contribution in [3.05, 3.63) is 41.0 Å². The molecular formula is C20H22FN7O2. The number of pyridine rings is 1. The first-order chi connectivity index (χ1) is 14.4. The lowest BCUT2D eigenvalue weighted by Crippen LogP contribution is -2.37. The van der Waals surface area contributed by atoms with E-state index in [0.717, 1.165) is 37.0 Å². The number of ether oxygens (including phenoxy) is 1. The first-order valence-corrected chi connectivity index (χ1v) is 9.96. The van der Waals surface area contributed by atoms with E-state index in [9.17, 15) is 9.18 Å². The molecule has 9 nitrogen and oxygen atoms in total. The minimum Gasteiger partial charge on any atom is -0.475 e. The number of hydrogen-bond acceptors (Lipinski definition) is 7. The van der Waals surface area contributed by atoms with Crippen molar-refractivity contribution < 1.29 is 13.9 Å². The Morgan fingerprint density at radius 3 is 3.03 bits per heavy atom. The molecule has 0 saturated heterocycles. The molecule has 0 radical (unpaired) electrons. The van der Waals surface area contributed by atoms with Crippen molar-refractivity contribution in [1.29, 1.82) is 0 Å². The van der Waals surface area contributed by atoms with Crippen LogP contribution in [0, 0.1) is 5.82 Å².